The molecule has 4 nitrogen and oxygen atoms in total. The molecule has 2 aromatic carbocycles. The van der Waals surface area contributed by atoms with E-state index in [1.165, 1.54) is 18.2 Å². The van der Waals surface area contributed by atoms with Crippen molar-refractivity contribution in [3.63, 3.8) is 0 Å². The highest BCUT2D eigenvalue weighted by atomic mass is 16.2. The highest BCUT2D eigenvalue weighted by Crippen LogP contribution is 2.21. The van der Waals surface area contributed by atoms with Gasteiger partial charge < -0.3 is 5.32 Å². The highest BCUT2D eigenvalue weighted by molar-refractivity contribution is 6.33. The largest absolute Gasteiger partial charge is 0.322 e. The lowest BCUT2D eigenvalue weighted by Gasteiger charge is -2.09. The van der Waals surface area contributed by atoms with Crippen molar-refractivity contribution in [3.8, 4) is 0 Å². The van der Waals surface area contributed by atoms with Gasteiger partial charge >= 0.3 is 0 Å². The zero-order valence-electron chi connectivity index (χ0n) is 12.2. The second-order valence-electron chi connectivity index (χ2n) is 5.06. The summed E-state index contributed by atoms with van der Waals surface area (Å²) in [6, 6.07) is 15.7. The summed E-state index contributed by atoms with van der Waals surface area (Å²) in [7, 11) is 0. The number of benzene rings is 2. The van der Waals surface area contributed by atoms with Gasteiger partial charge in [0, 0.05) is 16.8 Å². The van der Waals surface area contributed by atoms with Gasteiger partial charge in [-0.3, -0.25) is 14.4 Å². The molecule has 112 valence electrons. The molecule has 0 saturated heterocycles. The topological polar surface area (TPSA) is 63.2 Å². The summed E-state index contributed by atoms with van der Waals surface area (Å²) >= 11 is 0. The minimum Gasteiger partial charge on any atom is -0.322 e. The number of anilines is 1. The standard InChI is InChI=1S/C19H13NO3/c21-16-10-11-18(22)17(12-16)13-6-8-15(9-7-13)20-19(23)14-4-2-1-3-5-14/h1-12H,(H,20,23). The Hall–Kier alpha value is -3.27. The van der Waals surface area contributed by atoms with E-state index in [0.717, 1.165) is 0 Å². The van der Waals surface area contributed by atoms with Crippen LogP contribution in [0.2, 0.25) is 0 Å². The predicted octanol–water partition coefficient (Wildman–Crippen LogP) is 3.03. The van der Waals surface area contributed by atoms with Crippen LogP contribution in [0.3, 0.4) is 0 Å². The molecule has 23 heavy (non-hydrogen) atoms. The molecule has 0 unspecified atom stereocenters. The molecule has 2 aromatic rings. The Morgan fingerprint density at radius 3 is 2.22 bits per heavy atom. The molecule has 0 fully saturated rings. The zero-order chi connectivity index (χ0) is 16.2. The SMILES string of the molecule is O=C1C=CC(=O)C(c2ccc(NC(=O)c3ccccc3)cc2)=C1. The smallest absolute Gasteiger partial charge is 0.255 e. The van der Waals surface area contributed by atoms with Gasteiger partial charge in [0.1, 0.15) is 0 Å². The lowest BCUT2D eigenvalue weighted by Crippen LogP contribution is -2.11. The van der Waals surface area contributed by atoms with Gasteiger partial charge in [0.25, 0.3) is 5.91 Å². The van der Waals surface area contributed by atoms with E-state index in [4.69, 9.17) is 0 Å². The Balaban J connectivity index is 1.77. The van der Waals surface area contributed by atoms with Crippen molar-refractivity contribution in [2.24, 2.45) is 0 Å². The first kappa shape index (κ1) is 14.7. The number of allylic oxidation sites excluding steroid dienone is 4. The van der Waals surface area contributed by atoms with Crippen molar-refractivity contribution in [1.82, 2.24) is 0 Å². The molecule has 0 heterocycles. The molecular formula is C19H13NO3. The molecule has 0 bridgehead atoms. The van der Waals surface area contributed by atoms with Gasteiger partial charge in [-0.25, -0.2) is 0 Å². The molecule has 1 N–H and O–H groups in total. The summed E-state index contributed by atoms with van der Waals surface area (Å²) in [6.07, 6.45) is 3.84. The van der Waals surface area contributed by atoms with Gasteiger partial charge in [-0.15, -0.1) is 0 Å². The first-order valence-electron chi connectivity index (χ1n) is 7.08. The first-order valence-corrected chi connectivity index (χ1v) is 7.08. The lowest BCUT2D eigenvalue weighted by atomic mass is 9.96. The fourth-order valence-electron chi connectivity index (χ4n) is 2.26. The van der Waals surface area contributed by atoms with E-state index >= 15 is 0 Å². The van der Waals surface area contributed by atoms with Crippen LogP contribution in [0.4, 0.5) is 5.69 Å². The second-order valence-corrected chi connectivity index (χ2v) is 5.06. The molecule has 0 saturated carbocycles. The van der Waals surface area contributed by atoms with Gasteiger partial charge in [-0.1, -0.05) is 30.3 Å². The molecule has 0 spiro atoms. The van der Waals surface area contributed by atoms with E-state index in [9.17, 15) is 14.4 Å². The van der Waals surface area contributed by atoms with Gasteiger partial charge in [0.15, 0.2) is 11.6 Å². The maximum absolute atomic E-state index is 12.1. The number of amides is 1. The number of nitrogens with one attached hydrogen (secondary N) is 1. The molecule has 3 rings (SSSR count). The maximum Gasteiger partial charge on any atom is 0.255 e. The molecule has 0 aliphatic heterocycles. The third-order valence-corrected chi connectivity index (χ3v) is 3.44. The van der Waals surface area contributed by atoms with Crippen LogP contribution in [0, 0.1) is 0 Å². The van der Waals surface area contributed by atoms with Crippen molar-refractivity contribution in [1.29, 1.82) is 0 Å². The fourth-order valence-corrected chi connectivity index (χ4v) is 2.26. The number of carbonyl (C=O) groups is 3. The Morgan fingerprint density at radius 1 is 0.826 bits per heavy atom. The Kier molecular flexibility index (Phi) is 3.97. The van der Waals surface area contributed by atoms with Crippen LogP contribution < -0.4 is 5.32 Å². The quantitative estimate of drug-likeness (QED) is 0.886. The summed E-state index contributed by atoms with van der Waals surface area (Å²) < 4.78 is 0. The van der Waals surface area contributed by atoms with Crippen molar-refractivity contribution in [2.75, 3.05) is 5.32 Å². The van der Waals surface area contributed by atoms with Gasteiger partial charge in [-0.05, 0) is 48.1 Å². The third kappa shape index (κ3) is 3.32. The average Bonchev–Trinajstić information content (AvgIpc) is 2.58. The van der Waals surface area contributed by atoms with Crippen molar-refractivity contribution in [3.05, 3.63) is 84.0 Å². The van der Waals surface area contributed by atoms with Crippen molar-refractivity contribution >= 4 is 28.7 Å². The molecular weight excluding hydrogens is 290 g/mol. The van der Waals surface area contributed by atoms with Crippen LogP contribution in [0.25, 0.3) is 5.57 Å². The van der Waals surface area contributed by atoms with Crippen LogP contribution in [-0.4, -0.2) is 17.5 Å². The number of ketones is 2. The number of hydrogen-bond acceptors (Lipinski definition) is 3. The summed E-state index contributed by atoms with van der Waals surface area (Å²) in [5.41, 5.74) is 2.19. The normalized spacial score (nSPS) is 13.7. The van der Waals surface area contributed by atoms with Crippen molar-refractivity contribution < 1.29 is 14.4 Å². The first-order chi connectivity index (χ1) is 11.1. The molecule has 0 aromatic heterocycles. The average molecular weight is 303 g/mol. The highest BCUT2D eigenvalue weighted by Gasteiger charge is 2.15. The lowest BCUT2D eigenvalue weighted by molar-refractivity contribution is -0.113. The fraction of sp³-hybridized carbons (Fsp3) is 0. The van der Waals surface area contributed by atoms with Crippen LogP contribution >= 0.6 is 0 Å². The van der Waals surface area contributed by atoms with E-state index in [0.29, 0.717) is 22.4 Å². The molecule has 0 atom stereocenters. The monoisotopic (exact) mass is 303 g/mol. The van der Waals surface area contributed by atoms with Crippen LogP contribution in [-0.2, 0) is 9.59 Å². The van der Waals surface area contributed by atoms with Crippen molar-refractivity contribution in [2.45, 2.75) is 0 Å². The van der Waals surface area contributed by atoms with Crippen LogP contribution in [0.5, 0.6) is 0 Å². The van der Waals surface area contributed by atoms with Gasteiger partial charge in [-0.2, -0.15) is 0 Å². The van der Waals surface area contributed by atoms with E-state index in [1.807, 2.05) is 6.07 Å². The minimum absolute atomic E-state index is 0.203. The van der Waals surface area contributed by atoms with E-state index in [1.54, 1.807) is 48.5 Å². The molecule has 0 radical (unpaired) electrons. The minimum atomic E-state index is -0.207. The third-order valence-electron chi connectivity index (χ3n) is 3.44. The molecule has 1 aliphatic carbocycles. The predicted molar refractivity (Wildman–Crippen MR) is 88.0 cm³/mol. The second kappa shape index (κ2) is 6.23. The summed E-state index contributed by atoms with van der Waals surface area (Å²) in [6.45, 7) is 0. The Morgan fingerprint density at radius 2 is 1.52 bits per heavy atom. The molecule has 4 heteroatoms. The summed E-state index contributed by atoms with van der Waals surface area (Å²) in [4.78, 5) is 35.3. The van der Waals surface area contributed by atoms with Crippen LogP contribution in [0.15, 0.2) is 72.8 Å². The van der Waals surface area contributed by atoms with Crippen LogP contribution in [0.1, 0.15) is 15.9 Å². The summed E-state index contributed by atoms with van der Waals surface area (Å²) in [5, 5.41) is 2.78. The van der Waals surface area contributed by atoms with E-state index in [-0.39, 0.29) is 17.5 Å². The Bertz CT molecular complexity index is 831. The molecule has 1 aliphatic rings. The maximum atomic E-state index is 12.1. The number of hydrogen-bond donors (Lipinski definition) is 1. The Labute approximate surface area is 133 Å². The number of rotatable bonds is 3. The zero-order valence-corrected chi connectivity index (χ0v) is 12.2. The summed E-state index contributed by atoms with van der Waals surface area (Å²) in [5.74, 6) is -0.615. The van der Waals surface area contributed by atoms with Gasteiger partial charge in [0.2, 0.25) is 0 Å². The molecule has 1 amide bonds. The number of carbonyl (C=O) groups excluding carboxylic acids is 3. The van der Waals surface area contributed by atoms with E-state index < -0.39 is 0 Å². The van der Waals surface area contributed by atoms with Gasteiger partial charge in [0.05, 0.1) is 0 Å². The van der Waals surface area contributed by atoms with E-state index in [2.05, 4.69) is 5.32 Å².